The highest BCUT2D eigenvalue weighted by atomic mass is 16.5. The molecule has 2 aromatic rings. The van der Waals surface area contributed by atoms with Crippen molar-refractivity contribution >= 4 is 16.6 Å². The van der Waals surface area contributed by atoms with Gasteiger partial charge in [0, 0.05) is 46.4 Å². The van der Waals surface area contributed by atoms with Crippen molar-refractivity contribution in [3.8, 4) is 5.75 Å². The Morgan fingerprint density at radius 2 is 1.87 bits per heavy atom. The van der Waals surface area contributed by atoms with Crippen molar-refractivity contribution in [2.24, 2.45) is 0 Å². The average Bonchev–Trinajstić information content (AvgIpc) is 3.38. The van der Waals surface area contributed by atoms with Gasteiger partial charge in [0.15, 0.2) is 0 Å². The molecule has 0 atom stereocenters. The molecule has 1 aromatic carbocycles. The molecule has 0 bridgehead atoms. The van der Waals surface area contributed by atoms with Crippen molar-refractivity contribution in [2.45, 2.75) is 90.0 Å². The first-order valence-electron chi connectivity index (χ1n) is 12.6. The number of likely N-dealkylation sites (tertiary alicyclic amines) is 1. The molecule has 3 aliphatic rings. The molecule has 0 spiro atoms. The first-order chi connectivity index (χ1) is 15.0. The van der Waals surface area contributed by atoms with Crippen LogP contribution in [0.5, 0.6) is 5.75 Å². The zero-order valence-corrected chi connectivity index (χ0v) is 19.7. The van der Waals surface area contributed by atoms with E-state index in [0.717, 1.165) is 37.3 Å². The molecule has 1 aromatic heterocycles. The van der Waals surface area contributed by atoms with Crippen LogP contribution < -0.4 is 10.1 Å². The molecule has 31 heavy (non-hydrogen) atoms. The number of hydrogen-bond acceptors (Lipinski definition) is 4. The number of ether oxygens (including phenoxy) is 1. The van der Waals surface area contributed by atoms with Crippen LogP contribution in [0.1, 0.15) is 88.0 Å². The van der Waals surface area contributed by atoms with Gasteiger partial charge in [0.2, 0.25) is 0 Å². The van der Waals surface area contributed by atoms with Crippen LogP contribution in [-0.2, 0) is 6.42 Å². The molecule has 0 amide bonds. The van der Waals surface area contributed by atoms with Crippen molar-refractivity contribution in [3.05, 3.63) is 29.0 Å². The summed E-state index contributed by atoms with van der Waals surface area (Å²) in [5, 5.41) is 5.11. The third-order valence-electron chi connectivity index (χ3n) is 7.56. The van der Waals surface area contributed by atoms with E-state index in [9.17, 15) is 0 Å². The van der Waals surface area contributed by atoms with Crippen molar-refractivity contribution in [2.75, 3.05) is 31.6 Å². The topological polar surface area (TPSA) is 37.4 Å². The van der Waals surface area contributed by atoms with E-state index in [4.69, 9.17) is 9.72 Å². The van der Waals surface area contributed by atoms with E-state index < -0.39 is 0 Å². The second-order valence-corrected chi connectivity index (χ2v) is 10.8. The van der Waals surface area contributed by atoms with E-state index in [2.05, 4.69) is 43.1 Å². The van der Waals surface area contributed by atoms with Crippen LogP contribution in [0.15, 0.2) is 12.1 Å². The highest BCUT2D eigenvalue weighted by Gasteiger charge is 2.34. The Morgan fingerprint density at radius 1 is 1.10 bits per heavy atom. The molecule has 0 radical (unpaired) electrons. The predicted octanol–water partition coefficient (Wildman–Crippen LogP) is 6.20. The monoisotopic (exact) mass is 421 g/mol. The second kappa shape index (κ2) is 8.61. The summed E-state index contributed by atoms with van der Waals surface area (Å²) in [6.45, 7) is 11.3. The van der Waals surface area contributed by atoms with Gasteiger partial charge in [0.1, 0.15) is 5.75 Å². The number of nitrogens with zero attached hydrogens (tertiary/aromatic N) is 2. The van der Waals surface area contributed by atoms with Crippen LogP contribution in [0.2, 0.25) is 0 Å². The van der Waals surface area contributed by atoms with Gasteiger partial charge in [0.05, 0.1) is 12.1 Å². The quantitative estimate of drug-likeness (QED) is 0.563. The van der Waals surface area contributed by atoms with Crippen LogP contribution in [-0.4, -0.2) is 41.7 Å². The minimum atomic E-state index is 0.0976. The third kappa shape index (κ3) is 4.41. The maximum absolute atomic E-state index is 6.26. The van der Waals surface area contributed by atoms with E-state index in [1.807, 2.05) is 0 Å². The molecule has 2 fully saturated rings. The maximum Gasteiger partial charge on any atom is 0.124 e. The van der Waals surface area contributed by atoms with Gasteiger partial charge in [-0.2, -0.15) is 0 Å². The number of aryl methyl sites for hydroxylation is 1. The Balaban J connectivity index is 1.42. The smallest absolute Gasteiger partial charge is 0.124 e. The first-order valence-corrected chi connectivity index (χ1v) is 12.6. The van der Waals surface area contributed by atoms with Gasteiger partial charge in [-0.15, -0.1) is 0 Å². The summed E-state index contributed by atoms with van der Waals surface area (Å²) in [6, 6.07) is 4.51. The number of fused-ring (bicyclic) bond motifs is 3. The maximum atomic E-state index is 6.26. The fourth-order valence-corrected chi connectivity index (χ4v) is 5.95. The summed E-state index contributed by atoms with van der Waals surface area (Å²) < 4.78 is 6.26. The Bertz CT molecular complexity index is 939. The summed E-state index contributed by atoms with van der Waals surface area (Å²) in [6.07, 6.45) is 11.5. The average molecular weight is 422 g/mol. The number of rotatable bonds is 6. The minimum absolute atomic E-state index is 0.0976. The largest absolute Gasteiger partial charge is 0.493 e. The van der Waals surface area contributed by atoms with E-state index >= 15 is 0 Å². The lowest BCUT2D eigenvalue weighted by Gasteiger charge is -2.24. The Kier molecular flexibility index (Phi) is 5.85. The lowest BCUT2D eigenvalue weighted by Crippen LogP contribution is -2.27. The molecular formula is C27H39N3O. The summed E-state index contributed by atoms with van der Waals surface area (Å²) in [4.78, 5) is 7.86. The van der Waals surface area contributed by atoms with Crippen molar-refractivity contribution in [1.29, 1.82) is 0 Å². The lowest BCUT2D eigenvalue weighted by atomic mass is 9.83. The second-order valence-electron chi connectivity index (χ2n) is 10.8. The zero-order chi connectivity index (χ0) is 21.4. The summed E-state index contributed by atoms with van der Waals surface area (Å²) in [5.41, 5.74) is 6.59. The van der Waals surface area contributed by atoms with Gasteiger partial charge in [-0.25, -0.2) is 0 Å². The molecule has 1 aliphatic carbocycles. The highest BCUT2D eigenvalue weighted by Crippen LogP contribution is 2.45. The number of pyridine rings is 1. The Hall–Kier alpha value is -1.81. The molecule has 1 N–H and O–H groups in total. The summed E-state index contributed by atoms with van der Waals surface area (Å²) in [7, 11) is 0. The number of aromatic nitrogens is 1. The summed E-state index contributed by atoms with van der Waals surface area (Å²) in [5.74, 6) is 1.63. The van der Waals surface area contributed by atoms with Gasteiger partial charge >= 0.3 is 0 Å². The molecule has 0 unspecified atom stereocenters. The fourth-order valence-electron chi connectivity index (χ4n) is 5.95. The van der Waals surface area contributed by atoms with Crippen LogP contribution in [0.25, 0.3) is 10.9 Å². The highest BCUT2D eigenvalue weighted by molar-refractivity contribution is 5.96. The lowest BCUT2D eigenvalue weighted by molar-refractivity contribution is 0.262. The van der Waals surface area contributed by atoms with Crippen LogP contribution in [0, 0.1) is 6.92 Å². The molecule has 1 saturated carbocycles. The molecule has 4 heteroatoms. The van der Waals surface area contributed by atoms with E-state index in [1.165, 1.54) is 85.9 Å². The SMILES string of the molecule is Cc1cc2c3c(c(C4CCCCC4)nc2cc1OCCCN1CCCC1)CC(C)(C)N3. The van der Waals surface area contributed by atoms with Gasteiger partial charge in [-0.1, -0.05) is 19.3 Å². The molecule has 3 heterocycles. The van der Waals surface area contributed by atoms with Crippen LogP contribution >= 0.6 is 0 Å². The van der Waals surface area contributed by atoms with Crippen LogP contribution in [0.4, 0.5) is 5.69 Å². The van der Waals surface area contributed by atoms with Crippen molar-refractivity contribution in [3.63, 3.8) is 0 Å². The summed E-state index contributed by atoms with van der Waals surface area (Å²) >= 11 is 0. The molecule has 1 saturated heterocycles. The predicted molar refractivity (Wildman–Crippen MR) is 129 cm³/mol. The number of anilines is 1. The molecule has 5 rings (SSSR count). The third-order valence-corrected chi connectivity index (χ3v) is 7.56. The van der Waals surface area contributed by atoms with Gasteiger partial charge in [-0.05, 0) is 84.0 Å². The van der Waals surface area contributed by atoms with Crippen LogP contribution in [0.3, 0.4) is 0 Å². The number of nitrogens with one attached hydrogen (secondary N) is 1. The van der Waals surface area contributed by atoms with Crippen molar-refractivity contribution in [1.82, 2.24) is 9.88 Å². The molecule has 4 nitrogen and oxygen atoms in total. The molecule has 168 valence electrons. The fraction of sp³-hybridized carbons (Fsp3) is 0.667. The minimum Gasteiger partial charge on any atom is -0.493 e. The Labute approximate surface area is 187 Å². The normalized spacial score (nSPS) is 21.4. The zero-order valence-electron chi connectivity index (χ0n) is 19.7. The molecule has 2 aliphatic heterocycles. The first kappa shape index (κ1) is 21.1. The van der Waals surface area contributed by atoms with E-state index in [0.29, 0.717) is 5.92 Å². The Morgan fingerprint density at radius 3 is 2.65 bits per heavy atom. The van der Waals surface area contributed by atoms with E-state index in [-0.39, 0.29) is 5.54 Å². The number of hydrogen-bond donors (Lipinski definition) is 1. The van der Waals surface area contributed by atoms with Gasteiger partial charge in [-0.3, -0.25) is 4.98 Å². The van der Waals surface area contributed by atoms with Gasteiger partial charge < -0.3 is 15.0 Å². The standard InChI is InChI=1S/C27H39N3O/c1-19-16-21-23(17-24(19)31-15-9-14-30-12-7-8-13-30)28-25(20-10-5-4-6-11-20)22-18-27(2,3)29-26(21)22/h16-17,20,29H,4-15,18H2,1-3H3. The molecular weight excluding hydrogens is 382 g/mol. The van der Waals surface area contributed by atoms with Gasteiger partial charge in [0.25, 0.3) is 0 Å². The van der Waals surface area contributed by atoms with Crippen molar-refractivity contribution < 1.29 is 4.74 Å². The van der Waals surface area contributed by atoms with E-state index in [1.54, 1.807) is 0 Å². The number of benzene rings is 1.